The predicted molar refractivity (Wildman–Crippen MR) is 72.6 cm³/mol. The lowest BCUT2D eigenvalue weighted by molar-refractivity contribution is 0.283. The number of aromatic nitrogens is 3. The van der Waals surface area contributed by atoms with Gasteiger partial charge in [0, 0.05) is 25.2 Å². The molecule has 0 atom stereocenters. The Labute approximate surface area is 115 Å². The normalized spacial score (nSPS) is 18.0. The Morgan fingerprint density at radius 3 is 2.84 bits per heavy atom. The number of methoxy groups -OCH3 is 1. The van der Waals surface area contributed by atoms with Gasteiger partial charge >= 0.3 is 5.69 Å². The topological polar surface area (TPSA) is 63.1 Å². The molecule has 1 aliphatic rings. The van der Waals surface area contributed by atoms with Gasteiger partial charge in [0.25, 0.3) is 0 Å². The fourth-order valence-electron chi connectivity index (χ4n) is 2.56. The SMILES string of the molecule is COc1ccc2c(n1)[nH]c(=O)n2C1CCN(Cl)CC1. The van der Waals surface area contributed by atoms with Gasteiger partial charge in [0.2, 0.25) is 5.88 Å². The van der Waals surface area contributed by atoms with Crippen LogP contribution in [0.1, 0.15) is 18.9 Å². The molecule has 0 radical (unpaired) electrons. The number of nitrogens with one attached hydrogen (secondary N) is 1. The summed E-state index contributed by atoms with van der Waals surface area (Å²) < 4.78 is 8.61. The van der Waals surface area contributed by atoms with Gasteiger partial charge in [-0.3, -0.25) is 9.55 Å². The zero-order valence-electron chi connectivity index (χ0n) is 10.6. The maximum atomic E-state index is 12.1. The maximum absolute atomic E-state index is 12.1. The van der Waals surface area contributed by atoms with Gasteiger partial charge in [-0.2, -0.15) is 4.98 Å². The van der Waals surface area contributed by atoms with Gasteiger partial charge in [-0.05, 0) is 30.7 Å². The second kappa shape index (κ2) is 4.86. The average molecular weight is 283 g/mol. The molecule has 0 bridgehead atoms. The van der Waals surface area contributed by atoms with Gasteiger partial charge in [0.15, 0.2) is 5.65 Å². The van der Waals surface area contributed by atoms with E-state index in [2.05, 4.69) is 9.97 Å². The molecule has 2 aromatic rings. The van der Waals surface area contributed by atoms with Crippen LogP contribution in [0, 0.1) is 0 Å². The lowest BCUT2D eigenvalue weighted by Gasteiger charge is -2.27. The first-order valence-electron chi connectivity index (χ1n) is 6.25. The van der Waals surface area contributed by atoms with Crippen LogP contribution in [0.4, 0.5) is 0 Å². The molecule has 2 aromatic heterocycles. The molecule has 3 rings (SSSR count). The van der Waals surface area contributed by atoms with Crippen LogP contribution in [-0.2, 0) is 0 Å². The summed E-state index contributed by atoms with van der Waals surface area (Å²) in [5.74, 6) is 0.497. The summed E-state index contributed by atoms with van der Waals surface area (Å²) in [6.45, 7) is 1.57. The van der Waals surface area contributed by atoms with Crippen molar-refractivity contribution < 1.29 is 4.74 Å². The smallest absolute Gasteiger partial charge is 0.327 e. The summed E-state index contributed by atoms with van der Waals surface area (Å²) in [6.07, 6.45) is 1.73. The Bertz CT molecular complexity index is 643. The summed E-state index contributed by atoms with van der Waals surface area (Å²) in [6, 6.07) is 3.81. The molecule has 7 heteroatoms. The average Bonchev–Trinajstić information content (AvgIpc) is 2.74. The standard InChI is InChI=1S/C12H15ClN4O2/c1-19-10-3-2-9-11(14-10)15-12(18)17(9)8-4-6-16(13)7-5-8/h2-3,8H,4-7H2,1H3,(H,14,15,18). The Morgan fingerprint density at radius 2 is 2.16 bits per heavy atom. The quantitative estimate of drug-likeness (QED) is 0.849. The van der Waals surface area contributed by atoms with Crippen molar-refractivity contribution in [3.63, 3.8) is 0 Å². The number of hydrogen-bond acceptors (Lipinski definition) is 4. The molecule has 102 valence electrons. The summed E-state index contributed by atoms with van der Waals surface area (Å²) in [4.78, 5) is 19.1. The van der Waals surface area contributed by atoms with Gasteiger partial charge in [0.1, 0.15) is 0 Å². The number of halogens is 1. The molecule has 0 saturated carbocycles. The van der Waals surface area contributed by atoms with Crippen LogP contribution in [0.15, 0.2) is 16.9 Å². The van der Waals surface area contributed by atoms with Gasteiger partial charge in [0.05, 0.1) is 12.6 Å². The second-order valence-corrected chi connectivity index (χ2v) is 5.14. The zero-order valence-corrected chi connectivity index (χ0v) is 11.4. The van der Waals surface area contributed by atoms with E-state index in [4.69, 9.17) is 16.5 Å². The highest BCUT2D eigenvalue weighted by Crippen LogP contribution is 2.25. The number of imidazole rings is 1. The van der Waals surface area contributed by atoms with E-state index in [1.807, 2.05) is 6.07 Å². The Kier molecular flexibility index (Phi) is 3.20. The number of pyridine rings is 1. The van der Waals surface area contributed by atoms with E-state index in [0.717, 1.165) is 31.4 Å². The van der Waals surface area contributed by atoms with Gasteiger partial charge in [-0.1, -0.05) is 0 Å². The number of hydrogen-bond donors (Lipinski definition) is 1. The van der Waals surface area contributed by atoms with Crippen molar-refractivity contribution in [3.05, 3.63) is 22.6 Å². The minimum Gasteiger partial charge on any atom is -0.481 e. The molecule has 0 spiro atoms. The molecule has 1 aliphatic heterocycles. The first kappa shape index (κ1) is 12.5. The Morgan fingerprint density at radius 1 is 1.42 bits per heavy atom. The molecule has 3 heterocycles. The minimum atomic E-state index is -0.122. The van der Waals surface area contributed by atoms with Crippen molar-refractivity contribution in [2.75, 3.05) is 20.2 Å². The van der Waals surface area contributed by atoms with E-state index in [0.29, 0.717) is 11.5 Å². The van der Waals surface area contributed by atoms with E-state index in [-0.39, 0.29) is 11.7 Å². The lowest BCUT2D eigenvalue weighted by Crippen LogP contribution is -2.32. The molecule has 0 amide bonds. The number of ether oxygens (including phenoxy) is 1. The number of H-pyrrole nitrogens is 1. The fourth-order valence-corrected chi connectivity index (χ4v) is 2.76. The van der Waals surface area contributed by atoms with Crippen molar-refractivity contribution in [2.24, 2.45) is 0 Å². The molecule has 19 heavy (non-hydrogen) atoms. The number of rotatable bonds is 2. The third-order valence-corrected chi connectivity index (χ3v) is 3.87. The minimum absolute atomic E-state index is 0.122. The highest BCUT2D eigenvalue weighted by Gasteiger charge is 2.23. The van der Waals surface area contributed by atoms with Crippen LogP contribution in [-0.4, -0.2) is 39.2 Å². The van der Waals surface area contributed by atoms with E-state index >= 15 is 0 Å². The highest BCUT2D eigenvalue weighted by molar-refractivity contribution is 6.13. The number of nitrogens with zero attached hydrogens (tertiary/aromatic N) is 3. The number of piperidine rings is 1. The number of aromatic amines is 1. The third-order valence-electron chi connectivity index (χ3n) is 3.54. The predicted octanol–water partition coefficient (Wildman–Crippen LogP) is 1.52. The molecule has 1 fully saturated rings. The molecule has 1 N–H and O–H groups in total. The van der Waals surface area contributed by atoms with Crippen LogP contribution in [0.25, 0.3) is 11.2 Å². The highest BCUT2D eigenvalue weighted by atomic mass is 35.5. The van der Waals surface area contributed by atoms with Crippen LogP contribution in [0.2, 0.25) is 0 Å². The summed E-state index contributed by atoms with van der Waals surface area (Å²) in [5.41, 5.74) is 1.26. The third kappa shape index (κ3) is 2.21. The zero-order chi connectivity index (χ0) is 13.4. The van der Waals surface area contributed by atoms with Gasteiger partial charge in [-0.15, -0.1) is 0 Å². The summed E-state index contributed by atoms with van der Waals surface area (Å²) in [7, 11) is 1.56. The van der Waals surface area contributed by atoms with Crippen molar-refractivity contribution >= 4 is 22.9 Å². The van der Waals surface area contributed by atoms with Crippen molar-refractivity contribution in [1.82, 2.24) is 19.0 Å². The van der Waals surface area contributed by atoms with E-state index < -0.39 is 0 Å². The van der Waals surface area contributed by atoms with E-state index in [1.54, 1.807) is 22.2 Å². The van der Waals surface area contributed by atoms with Crippen LogP contribution < -0.4 is 10.4 Å². The van der Waals surface area contributed by atoms with Crippen molar-refractivity contribution in [2.45, 2.75) is 18.9 Å². The first-order chi connectivity index (χ1) is 9.19. The molecule has 0 aromatic carbocycles. The molecular formula is C12H15ClN4O2. The Balaban J connectivity index is 2.03. The van der Waals surface area contributed by atoms with E-state index in [9.17, 15) is 4.79 Å². The summed E-state index contributed by atoms with van der Waals surface area (Å²) in [5, 5.41) is 0. The lowest BCUT2D eigenvalue weighted by atomic mass is 10.1. The van der Waals surface area contributed by atoms with Crippen LogP contribution >= 0.6 is 11.8 Å². The molecule has 0 unspecified atom stereocenters. The summed E-state index contributed by atoms with van der Waals surface area (Å²) >= 11 is 5.95. The van der Waals surface area contributed by atoms with Crippen LogP contribution in [0.3, 0.4) is 0 Å². The molecule has 0 aliphatic carbocycles. The van der Waals surface area contributed by atoms with Crippen LogP contribution in [0.5, 0.6) is 5.88 Å². The first-order valence-corrected chi connectivity index (χ1v) is 6.59. The molecule has 1 saturated heterocycles. The van der Waals surface area contributed by atoms with Crippen molar-refractivity contribution in [3.8, 4) is 5.88 Å². The fraction of sp³-hybridized carbons (Fsp3) is 0.500. The number of fused-ring (bicyclic) bond motifs is 1. The maximum Gasteiger partial charge on any atom is 0.327 e. The monoisotopic (exact) mass is 282 g/mol. The molecule has 6 nitrogen and oxygen atoms in total. The Hall–Kier alpha value is -1.53. The van der Waals surface area contributed by atoms with Crippen molar-refractivity contribution in [1.29, 1.82) is 0 Å². The van der Waals surface area contributed by atoms with Gasteiger partial charge < -0.3 is 4.74 Å². The van der Waals surface area contributed by atoms with Gasteiger partial charge in [-0.25, -0.2) is 9.21 Å². The largest absolute Gasteiger partial charge is 0.481 e. The molecular weight excluding hydrogens is 268 g/mol. The van der Waals surface area contributed by atoms with E-state index in [1.165, 1.54) is 0 Å². The second-order valence-electron chi connectivity index (χ2n) is 4.66.